The summed E-state index contributed by atoms with van der Waals surface area (Å²) < 4.78 is 0. The van der Waals surface area contributed by atoms with Crippen LogP contribution in [0.25, 0.3) is 33.4 Å². The van der Waals surface area contributed by atoms with Gasteiger partial charge in [-0.3, -0.25) is 0 Å². The lowest BCUT2D eigenvalue weighted by Gasteiger charge is -2.36. The number of rotatable bonds is 8. The molecule has 1 heteroatoms. The molecule has 0 bridgehead atoms. The maximum Gasteiger partial charge on any atom is 0.0714 e. The molecule has 0 spiro atoms. The summed E-state index contributed by atoms with van der Waals surface area (Å²) in [6, 6.07) is 91.2. The Labute approximate surface area is 389 Å². The molecule has 2 aliphatic carbocycles. The first-order chi connectivity index (χ1) is 32.4. The van der Waals surface area contributed by atoms with Gasteiger partial charge in [-0.05, 0) is 135 Å². The van der Waals surface area contributed by atoms with Crippen LogP contribution in [0.5, 0.6) is 0 Å². The molecule has 0 aromatic heterocycles. The van der Waals surface area contributed by atoms with E-state index in [4.69, 9.17) is 0 Å². The molecule has 10 aromatic rings. The van der Waals surface area contributed by atoms with Gasteiger partial charge in [-0.25, -0.2) is 0 Å². The predicted molar refractivity (Wildman–Crippen MR) is 275 cm³/mol. The van der Waals surface area contributed by atoms with Gasteiger partial charge in [0.2, 0.25) is 0 Å². The average Bonchev–Trinajstić information content (AvgIpc) is 3.83. The fourth-order valence-electron chi connectivity index (χ4n) is 11.4. The van der Waals surface area contributed by atoms with Crippen LogP contribution in [0.2, 0.25) is 0 Å². The Hall–Kier alpha value is -8.00. The molecule has 1 nitrogen and oxygen atoms in total. The maximum atomic E-state index is 2.50. The van der Waals surface area contributed by atoms with Crippen LogP contribution in [0.15, 0.2) is 243 Å². The van der Waals surface area contributed by atoms with Crippen LogP contribution >= 0.6 is 0 Å². The summed E-state index contributed by atoms with van der Waals surface area (Å²) in [7, 11) is 0. The predicted octanol–water partition coefficient (Wildman–Crippen LogP) is 16.5. The first-order valence-corrected chi connectivity index (χ1v) is 23.2. The van der Waals surface area contributed by atoms with E-state index < -0.39 is 10.8 Å². The molecule has 0 aliphatic heterocycles. The van der Waals surface area contributed by atoms with Gasteiger partial charge >= 0.3 is 0 Å². The first kappa shape index (κ1) is 39.6. The van der Waals surface area contributed by atoms with Crippen molar-refractivity contribution in [3.8, 4) is 33.4 Å². The number of anilines is 3. The summed E-state index contributed by atoms with van der Waals surface area (Å²) in [6.45, 7) is 6.54. The molecule has 0 saturated heterocycles. The molecule has 1 unspecified atom stereocenters. The van der Waals surface area contributed by atoms with E-state index in [0.29, 0.717) is 0 Å². The van der Waals surface area contributed by atoms with Crippen LogP contribution in [0.3, 0.4) is 0 Å². The van der Waals surface area contributed by atoms with E-state index in [1.165, 1.54) is 94.6 Å². The lowest BCUT2D eigenvalue weighted by molar-refractivity contribution is 0.766. The smallest absolute Gasteiger partial charge is 0.0714 e. The molecular formula is C65H49N. The van der Waals surface area contributed by atoms with Crippen LogP contribution in [-0.4, -0.2) is 0 Å². The van der Waals surface area contributed by atoms with Gasteiger partial charge in [-0.2, -0.15) is 0 Å². The van der Waals surface area contributed by atoms with Crippen molar-refractivity contribution in [3.63, 3.8) is 0 Å². The van der Waals surface area contributed by atoms with Crippen molar-refractivity contribution in [1.29, 1.82) is 0 Å². The Bertz CT molecular complexity index is 3370. The van der Waals surface area contributed by atoms with Crippen LogP contribution in [-0.2, 0) is 10.8 Å². The van der Waals surface area contributed by atoms with Gasteiger partial charge in [-0.15, -0.1) is 0 Å². The van der Waals surface area contributed by atoms with E-state index in [-0.39, 0.29) is 0 Å². The van der Waals surface area contributed by atoms with Gasteiger partial charge in [0, 0.05) is 17.1 Å². The molecule has 0 N–H and O–H groups in total. The molecule has 0 radical (unpaired) electrons. The van der Waals surface area contributed by atoms with E-state index in [9.17, 15) is 0 Å². The summed E-state index contributed by atoms with van der Waals surface area (Å²) in [4.78, 5) is 2.50. The fraction of sp³-hybridized carbons (Fsp3) is 0.0769. The normalized spacial score (nSPS) is 15.1. The molecule has 12 rings (SSSR count). The second-order valence-electron chi connectivity index (χ2n) is 18.3. The molecule has 1 atom stereocenters. The lowest BCUT2D eigenvalue weighted by Crippen LogP contribution is -2.29. The van der Waals surface area contributed by atoms with Crippen molar-refractivity contribution in [3.05, 3.63) is 304 Å². The number of hydrogen-bond donors (Lipinski definition) is 0. The topological polar surface area (TPSA) is 3.24 Å². The molecule has 66 heavy (non-hydrogen) atoms. The molecule has 0 amide bonds. The van der Waals surface area contributed by atoms with E-state index in [2.05, 4.69) is 268 Å². The summed E-state index contributed by atoms with van der Waals surface area (Å²) in [5.74, 6) is 0. The standard InChI is InChI=1S/C65H49N/c1-44-25-31-50(32-26-44)64(49-18-8-5-9-19-49)60-23-12-10-21-56(60)58-39-37-54(42-62(58)64)66(53-20-14-17-48(41-53)47-15-6-4-7-16-47)55-38-40-59-57-22-11-13-24-61(57)65(63(59)43-55,51-33-27-45(2)28-34-51)52-35-29-46(3)30-36-52/h4-43H,1-3H3. The van der Waals surface area contributed by atoms with E-state index in [1.807, 2.05) is 0 Å². The van der Waals surface area contributed by atoms with Crippen LogP contribution < -0.4 is 4.90 Å². The Balaban J connectivity index is 1.15. The van der Waals surface area contributed by atoms with Crippen LogP contribution in [0, 0.1) is 20.8 Å². The van der Waals surface area contributed by atoms with Crippen molar-refractivity contribution < 1.29 is 0 Å². The minimum absolute atomic E-state index is 0.542. The molecule has 0 heterocycles. The minimum atomic E-state index is -0.547. The highest BCUT2D eigenvalue weighted by molar-refractivity contribution is 5.92. The Morgan fingerprint density at radius 2 is 0.621 bits per heavy atom. The summed E-state index contributed by atoms with van der Waals surface area (Å²) in [5, 5.41) is 0. The third-order valence-electron chi connectivity index (χ3n) is 14.4. The second-order valence-corrected chi connectivity index (χ2v) is 18.3. The average molecular weight is 844 g/mol. The second kappa shape index (κ2) is 15.6. The van der Waals surface area contributed by atoms with Crippen LogP contribution in [0.1, 0.15) is 61.2 Å². The monoisotopic (exact) mass is 843 g/mol. The van der Waals surface area contributed by atoms with E-state index >= 15 is 0 Å². The first-order valence-electron chi connectivity index (χ1n) is 23.2. The zero-order chi connectivity index (χ0) is 44.4. The SMILES string of the molecule is Cc1ccc(C2(c3ccccc3)c3ccccc3-c3ccc(N(c4cccc(-c5ccccc5)c4)c4ccc5c(c4)C(c4ccc(C)cc4)(c4ccc(C)cc4)c4ccccc4-5)cc32)cc1. The number of aryl methyl sites for hydroxylation is 3. The zero-order valence-electron chi connectivity index (χ0n) is 37.5. The maximum absolute atomic E-state index is 2.50. The fourth-order valence-corrected chi connectivity index (χ4v) is 11.4. The van der Waals surface area contributed by atoms with Gasteiger partial charge < -0.3 is 4.90 Å². The van der Waals surface area contributed by atoms with Crippen molar-refractivity contribution in [2.45, 2.75) is 31.6 Å². The van der Waals surface area contributed by atoms with E-state index in [1.54, 1.807) is 0 Å². The molecule has 2 aliphatic rings. The number of benzene rings is 10. The molecule has 314 valence electrons. The lowest BCUT2D eigenvalue weighted by atomic mass is 9.67. The molecule has 10 aromatic carbocycles. The highest BCUT2D eigenvalue weighted by atomic mass is 15.1. The Morgan fingerprint density at radius 3 is 1.09 bits per heavy atom. The quantitative estimate of drug-likeness (QED) is 0.147. The van der Waals surface area contributed by atoms with Gasteiger partial charge in [0.25, 0.3) is 0 Å². The summed E-state index contributed by atoms with van der Waals surface area (Å²) in [5.41, 5.74) is 23.6. The zero-order valence-corrected chi connectivity index (χ0v) is 37.5. The Kier molecular flexibility index (Phi) is 9.36. The van der Waals surface area contributed by atoms with Crippen molar-refractivity contribution in [2.75, 3.05) is 4.90 Å². The van der Waals surface area contributed by atoms with Crippen molar-refractivity contribution in [1.82, 2.24) is 0 Å². The molecule has 0 saturated carbocycles. The highest BCUT2D eigenvalue weighted by Crippen LogP contribution is 2.59. The number of nitrogens with zero attached hydrogens (tertiary/aromatic N) is 1. The van der Waals surface area contributed by atoms with Gasteiger partial charge in [0.05, 0.1) is 10.8 Å². The van der Waals surface area contributed by atoms with Crippen molar-refractivity contribution >= 4 is 17.1 Å². The minimum Gasteiger partial charge on any atom is -0.310 e. The third kappa shape index (κ3) is 6.00. The largest absolute Gasteiger partial charge is 0.310 e. The van der Waals surface area contributed by atoms with Crippen molar-refractivity contribution in [2.24, 2.45) is 0 Å². The van der Waals surface area contributed by atoms with Crippen LogP contribution in [0.4, 0.5) is 17.1 Å². The Morgan fingerprint density at radius 1 is 0.258 bits per heavy atom. The summed E-state index contributed by atoms with van der Waals surface area (Å²) in [6.07, 6.45) is 0. The molecular weight excluding hydrogens is 795 g/mol. The number of fused-ring (bicyclic) bond motifs is 6. The van der Waals surface area contributed by atoms with Gasteiger partial charge in [0.15, 0.2) is 0 Å². The highest BCUT2D eigenvalue weighted by Gasteiger charge is 2.48. The summed E-state index contributed by atoms with van der Waals surface area (Å²) >= 11 is 0. The molecule has 0 fully saturated rings. The third-order valence-corrected chi connectivity index (χ3v) is 14.4. The van der Waals surface area contributed by atoms with E-state index in [0.717, 1.165) is 17.1 Å². The number of hydrogen-bond acceptors (Lipinski definition) is 1. The van der Waals surface area contributed by atoms with Gasteiger partial charge in [0.1, 0.15) is 0 Å². The van der Waals surface area contributed by atoms with Gasteiger partial charge in [-0.1, -0.05) is 223 Å².